The van der Waals surface area contributed by atoms with Crippen molar-refractivity contribution in [1.29, 1.82) is 0 Å². The Kier molecular flexibility index (Phi) is 17.7. The average Bonchev–Trinajstić information content (AvgIpc) is 3.16. The molecule has 0 aromatic rings. The number of rotatable bonds is 3. The zero-order chi connectivity index (χ0) is 42.3. The first-order chi connectivity index (χ1) is 26.1. The molecular formula is C45H74O11. The van der Waals surface area contributed by atoms with Crippen LogP contribution in [-0.2, 0) is 28.6 Å². The smallest absolute Gasteiger partial charge is 0.330 e. The van der Waals surface area contributed by atoms with Gasteiger partial charge < -0.3 is 39.7 Å². The molecule has 0 amide bonds. The van der Waals surface area contributed by atoms with E-state index in [9.17, 15) is 39.9 Å². The van der Waals surface area contributed by atoms with E-state index >= 15 is 0 Å². The number of esters is 1. The molecule has 2 bridgehead atoms. The first-order valence-electron chi connectivity index (χ1n) is 21.2. The zero-order valence-corrected chi connectivity index (χ0v) is 35.8. The van der Waals surface area contributed by atoms with Gasteiger partial charge in [0, 0.05) is 48.0 Å². The Hall–Kier alpha value is -2.25. The number of hydrogen-bond acceptors (Lipinski definition) is 11. The molecule has 1 spiro atoms. The van der Waals surface area contributed by atoms with Gasteiger partial charge in [0.25, 0.3) is 0 Å². The molecule has 56 heavy (non-hydrogen) atoms. The van der Waals surface area contributed by atoms with E-state index in [-0.39, 0.29) is 35.9 Å². The maximum Gasteiger partial charge on any atom is 0.330 e. The fourth-order valence-electron chi connectivity index (χ4n) is 9.01. The summed E-state index contributed by atoms with van der Waals surface area (Å²) in [7, 11) is 0. The van der Waals surface area contributed by atoms with E-state index in [2.05, 4.69) is 19.9 Å². The number of carbonyl (C=O) groups excluding carboxylic acids is 3. The number of carbonyl (C=O) groups is 3. The maximum absolute atomic E-state index is 13.5. The van der Waals surface area contributed by atoms with Crippen LogP contribution < -0.4 is 0 Å². The van der Waals surface area contributed by atoms with Crippen LogP contribution in [0.3, 0.4) is 0 Å². The van der Waals surface area contributed by atoms with Gasteiger partial charge in [-0.15, -0.1) is 0 Å². The van der Waals surface area contributed by atoms with E-state index in [1.54, 1.807) is 20.8 Å². The standard InChI is InChI=1S/C45H74O11/c1-12-34-17-15-13-14-16-27(4)42(51)44(11,53)43(52)32(9)40(50)31(8)39(49)30(7)38(48)26(3)18-21-37(47)54-41-29(6)35(20-19-34)55-45(33(41)10)23-22-25(2)36(56-45)24-28(5)46/h13-15,17-18,21,25-36,38,40-42,46,48,50-51,53H,12,16,19-20,22-24H2,1-11H3/b14-13-,17-15-,21-18+/t25-,26-,27+,28+,29+,30-,31-,32-,33-,34-,35-,36-,38+,40+,41+,42-,44+,45-/m0/s1. The summed E-state index contributed by atoms with van der Waals surface area (Å²) >= 11 is 0. The van der Waals surface area contributed by atoms with Crippen molar-refractivity contribution < 1.29 is 54.1 Å². The van der Waals surface area contributed by atoms with Gasteiger partial charge in [-0.1, -0.05) is 92.7 Å². The highest BCUT2D eigenvalue weighted by Gasteiger charge is 2.56. The molecule has 0 aromatic heterocycles. The van der Waals surface area contributed by atoms with Crippen LogP contribution in [0.5, 0.6) is 0 Å². The molecule has 11 heteroatoms. The second kappa shape index (κ2) is 20.6. The number of allylic oxidation sites excluding steroid dienone is 4. The van der Waals surface area contributed by atoms with Crippen molar-refractivity contribution >= 4 is 17.5 Å². The number of hydrogen-bond donors (Lipinski definition) is 5. The van der Waals surface area contributed by atoms with E-state index in [0.717, 1.165) is 19.3 Å². The predicted octanol–water partition coefficient (Wildman–Crippen LogP) is 5.88. The van der Waals surface area contributed by atoms with Crippen LogP contribution in [0.15, 0.2) is 36.5 Å². The minimum atomic E-state index is -2.18. The van der Waals surface area contributed by atoms with Crippen molar-refractivity contribution in [3.05, 3.63) is 36.5 Å². The van der Waals surface area contributed by atoms with Gasteiger partial charge in [-0.2, -0.15) is 0 Å². The minimum absolute atomic E-state index is 0.168. The normalized spacial score (nSPS) is 46.8. The molecule has 0 saturated carbocycles. The third kappa shape index (κ3) is 11.5. The van der Waals surface area contributed by atoms with Crippen molar-refractivity contribution in [3.8, 4) is 0 Å². The molecule has 3 heterocycles. The minimum Gasteiger partial charge on any atom is -0.458 e. The lowest BCUT2D eigenvalue weighted by molar-refractivity contribution is -0.371. The van der Waals surface area contributed by atoms with Crippen LogP contribution in [0.25, 0.3) is 0 Å². The number of ether oxygens (including phenoxy) is 3. The molecule has 0 aliphatic carbocycles. The van der Waals surface area contributed by atoms with Gasteiger partial charge in [-0.3, -0.25) is 9.59 Å². The average molecular weight is 791 g/mol. The van der Waals surface area contributed by atoms with Crippen LogP contribution in [0.1, 0.15) is 121 Å². The summed E-state index contributed by atoms with van der Waals surface area (Å²) < 4.78 is 20.0. The number of fused-ring (bicyclic) bond motifs is 2. The molecule has 2 saturated heterocycles. The van der Waals surface area contributed by atoms with Gasteiger partial charge in [-0.05, 0) is 70.1 Å². The Labute approximate surface area is 336 Å². The molecule has 3 aliphatic rings. The summed E-state index contributed by atoms with van der Waals surface area (Å²) in [4.78, 5) is 40.5. The van der Waals surface area contributed by atoms with Crippen molar-refractivity contribution in [3.63, 3.8) is 0 Å². The highest BCUT2D eigenvalue weighted by Crippen LogP contribution is 2.49. The lowest BCUT2D eigenvalue weighted by Crippen LogP contribution is -2.62. The molecule has 18 atom stereocenters. The van der Waals surface area contributed by atoms with Crippen LogP contribution in [0.4, 0.5) is 0 Å². The first-order valence-corrected chi connectivity index (χ1v) is 21.2. The van der Waals surface area contributed by atoms with Crippen LogP contribution in [-0.4, -0.2) is 97.2 Å². The maximum atomic E-state index is 13.5. The number of Topliss-reactive ketones (excluding diaryl/α,β-unsaturated/α-hetero) is 2. The topological polar surface area (TPSA) is 180 Å². The highest BCUT2D eigenvalue weighted by atomic mass is 16.7. The Morgan fingerprint density at radius 3 is 2.11 bits per heavy atom. The summed E-state index contributed by atoms with van der Waals surface area (Å²) in [5.41, 5.74) is -2.18. The van der Waals surface area contributed by atoms with E-state index in [1.165, 1.54) is 39.8 Å². The monoisotopic (exact) mass is 791 g/mol. The van der Waals surface area contributed by atoms with Crippen molar-refractivity contribution in [2.24, 2.45) is 53.3 Å². The number of ketones is 2. The van der Waals surface area contributed by atoms with Gasteiger partial charge in [0.05, 0.1) is 36.6 Å². The molecule has 3 rings (SSSR count). The van der Waals surface area contributed by atoms with Gasteiger partial charge >= 0.3 is 5.97 Å². The Morgan fingerprint density at radius 1 is 0.839 bits per heavy atom. The molecule has 5 N–H and O–H groups in total. The van der Waals surface area contributed by atoms with Crippen LogP contribution in [0, 0.1) is 53.3 Å². The van der Waals surface area contributed by atoms with Crippen molar-refractivity contribution in [2.75, 3.05) is 0 Å². The van der Waals surface area contributed by atoms with E-state index in [1.807, 2.05) is 32.1 Å². The molecule has 320 valence electrons. The molecule has 0 radical (unpaired) electrons. The third-order valence-electron chi connectivity index (χ3n) is 13.4. The van der Waals surface area contributed by atoms with Crippen molar-refractivity contribution in [1.82, 2.24) is 0 Å². The lowest BCUT2D eigenvalue weighted by atomic mass is 9.74. The fraction of sp³-hybridized carbons (Fsp3) is 0.800. The third-order valence-corrected chi connectivity index (χ3v) is 13.4. The van der Waals surface area contributed by atoms with E-state index < -0.39 is 89.0 Å². The Bertz CT molecular complexity index is 1390. The quantitative estimate of drug-likeness (QED) is 0.216. The number of aliphatic hydroxyl groups is 5. The van der Waals surface area contributed by atoms with E-state index in [0.29, 0.717) is 25.7 Å². The SMILES string of the molecule is CC[C@H]1/C=C\C=C/C[C@@H](C)[C@H](O)[C@@](C)(O)C(=O)[C@@H](C)[C@H](O)[C@@H](C)C(=O)[C@@H](C)[C@H](O)[C@@H](C)/C=C/C(=O)O[C@@H]2[C@H](C)[C@H](CC1)O[C@]1(CC[C@H](C)[C@H](C[C@@H](C)O)O1)[C@H]2C. The Balaban J connectivity index is 1.99. The first kappa shape index (κ1) is 48.1. The molecule has 11 nitrogen and oxygen atoms in total. The highest BCUT2D eigenvalue weighted by molar-refractivity contribution is 5.91. The largest absolute Gasteiger partial charge is 0.458 e. The zero-order valence-electron chi connectivity index (χ0n) is 35.8. The summed E-state index contributed by atoms with van der Waals surface area (Å²) in [6, 6.07) is 0. The number of aliphatic hydroxyl groups excluding tert-OH is 4. The van der Waals surface area contributed by atoms with Crippen molar-refractivity contribution in [2.45, 2.75) is 175 Å². The summed E-state index contributed by atoms with van der Waals surface area (Å²) in [6.07, 6.45) is 9.62. The molecule has 0 aromatic carbocycles. The van der Waals surface area contributed by atoms with E-state index in [4.69, 9.17) is 14.2 Å². The second-order valence-corrected chi connectivity index (χ2v) is 18.0. The second-order valence-electron chi connectivity index (χ2n) is 18.0. The van der Waals surface area contributed by atoms with Crippen LogP contribution >= 0.6 is 0 Å². The molecule has 2 fully saturated rings. The summed E-state index contributed by atoms with van der Waals surface area (Å²) in [6.45, 7) is 19.1. The molecule has 0 unspecified atom stereocenters. The van der Waals surface area contributed by atoms with Crippen LogP contribution in [0.2, 0.25) is 0 Å². The summed E-state index contributed by atoms with van der Waals surface area (Å²) in [5, 5.41) is 55.0. The van der Waals surface area contributed by atoms with Gasteiger partial charge in [-0.25, -0.2) is 4.79 Å². The summed E-state index contributed by atoms with van der Waals surface area (Å²) in [5.74, 6) is -7.28. The fourth-order valence-corrected chi connectivity index (χ4v) is 9.01. The van der Waals surface area contributed by atoms with Gasteiger partial charge in [0.1, 0.15) is 17.5 Å². The Morgan fingerprint density at radius 2 is 1.48 bits per heavy atom. The predicted molar refractivity (Wildman–Crippen MR) is 215 cm³/mol. The lowest BCUT2D eigenvalue weighted by Gasteiger charge is -2.55. The van der Waals surface area contributed by atoms with Gasteiger partial charge in [0.15, 0.2) is 11.6 Å². The van der Waals surface area contributed by atoms with Gasteiger partial charge in [0.2, 0.25) is 0 Å². The molecule has 3 aliphatic heterocycles. The molecular weight excluding hydrogens is 716 g/mol.